The molecule has 5 N–H and O–H groups in total. The second kappa shape index (κ2) is 18.0. The zero-order valence-electron chi connectivity index (χ0n) is 40.0. The minimum atomic E-state index is -0.898. The van der Waals surface area contributed by atoms with Gasteiger partial charge in [0.25, 0.3) is 0 Å². The van der Waals surface area contributed by atoms with Crippen LogP contribution in [0, 0.1) is 23.2 Å². The van der Waals surface area contributed by atoms with Crippen molar-refractivity contribution in [1.29, 1.82) is 0 Å². The first-order chi connectivity index (χ1) is 33.1. The van der Waals surface area contributed by atoms with E-state index in [2.05, 4.69) is 53.4 Å². The molecule has 0 unspecified atom stereocenters. The van der Waals surface area contributed by atoms with E-state index in [4.69, 9.17) is 16.4 Å². The second-order valence-electron chi connectivity index (χ2n) is 21.0. The van der Waals surface area contributed by atoms with E-state index in [0.717, 1.165) is 91.1 Å². The monoisotopic (exact) mass is 934 g/mol. The number of carbonyl (C=O) groups is 3. The van der Waals surface area contributed by atoms with E-state index < -0.39 is 23.6 Å². The number of β-amino-alcohol motifs (C(OH)–C–C–N with tert-alkyl or cyclic N) is 1. The molecule has 4 amide bonds. The number of aromatic nitrogens is 5. The minimum Gasteiger partial charge on any atom is -0.507 e. The number of phenols is 1. The summed E-state index contributed by atoms with van der Waals surface area (Å²) in [6, 6.07) is 14.6. The fourth-order valence-electron chi connectivity index (χ4n) is 11.3. The van der Waals surface area contributed by atoms with Crippen molar-refractivity contribution in [1.82, 2.24) is 50.5 Å². The number of H-pyrrole nitrogens is 1. The van der Waals surface area contributed by atoms with E-state index in [-0.39, 0.29) is 54.1 Å². The molecule has 5 aliphatic rings. The van der Waals surface area contributed by atoms with Gasteiger partial charge in [0, 0.05) is 104 Å². The van der Waals surface area contributed by atoms with Crippen molar-refractivity contribution in [2.45, 2.75) is 96.6 Å². The summed E-state index contributed by atoms with van der Waals surface area (Å²) in [5.41, 5.74) is 6.31. The van der Waals surface area contributed by atoms with Crippen molar-refractivity contribution in [3.8, 4) is 29.4 Å². The molecule has 0 aliphatic carbocycles. The summed E-state index contributed by atoms with van der Waals surface area (Å²) in [5, 5.41) is 37.1. The summed E-state index contributed by atoms with van der Waals surface area (Å²) in [6.45, 7) is 15.4. The predicted molar refractivity (Wildman–Crippen MR) is 262 cm³/mol. The number of nitrogens with zero attached hydrogens (tertiary/aromatic N) is 9. The Labute approximate surface area is 402 Å². The van der Waals surface area contributed by atoms with E-state index in [9.17, 15) is 24.6 Å². The first kappa shape index (κ1) is 46.0. The number of anilines is 2. The maximum absolute atomic E-state index is 14.2. The van der Waals surface area contributed by atoms with Crippen LogP contribution in [0.4, 0.5) is 16.4 Å². The Hall–Kier alpha value is -6.77. The van der Waals surface area contributed by atoms with Crippen LogP contribution < -0.4 is 20.4 Å². The number of para-hydroxylation sites is 1. The molecule has 4 fully saturated rings. The van der Waals surface area contributed by atoms with E-state index in [1.54, 1.807) is 17.0 Å². The molecule has 4 saturated heterocycles. The molecule has 17 heteroatoms. The van der Waals surface area contributed by atoms with Crippen LogP contribution in [0.15, 0.2) is 67.0 Å². The summed E-state index contributed by atoms with van der Waals surface area (Å²) >= 11 is 0. The van der Waals surface area contributed by atoms with Crippen LogP contribution in [0.2, 0.25) is 0 Å². The van der Waals surface area contributed by atoms with Crippen molar-refractivity contribution in [3.05, 3.63) is 89.4 Å². The van der Waals surface area contributed by atoms with Crippen molar-refractivity contribution in [2.75, 3.05) is 62.2 Å². The van der Waals surface area contributed by atoms with Crippen molar-refractivity contribution < 1.29 is 24.6 Å². The van der Waals surface area contributed by atoms with Gasteiger partial charge >= 0.3 is 6.03 Å². The van der Waals surface area contributed by atoms with Gasteiger partial charge in [-0.25, -0.2) is 14.8 Å². The smallest absolute Gasteiger partial charge is 0.318 e. The molecule has 17 nitrogen and oxygen atoms in total. The fraction of sp³-hybridized carbons (Fsp3) is 0.481. The molecule has 10 rings (SSSR count). The van der Waals surface area contributed by atoms with Gasteiger partial charge in [0.05, 0.1) is 42.0 Å². The Morgan fingerprint density at radius 1 is 0.957 bits per heavy atom. The number of fused-ring (bicyclic) bond motifs is 3. The third kappa shape index (κ3) is 8.80. The summed E-state index contributed by atoms with van der Waals surface area (Å²) in [7, 11) is 0. The van der Waals surface area contributed by atoms with Crippen LogP contribution in [-0.2, 0) is 16.0 Å². The number of rotatable bonds is 9. The molecule has 5 aromatic rings. The lowest BCUT2D eigenvalue weighted by Gasteiger charge is -2.62. The number of aliphatic hydroxyl groups excluding tert-OH is 1. The molecule has 360 valence electrons. The quantitative estimate of drug-likeness (QED) is 0.127. The number of amides is 4. The topological polar surface area (TPSA) is 199 Å². The van der Waals surface area contributed by atoms with Crippen molar-refractivity contribution in [3.63, 3.8) is 0 Å². The number of hydrogen-bond donors (Lipinski definition) is 5. The van der Waals surface area contributed by atoms with Gasteiger partial charge < -0.3 is 45.4 Å². The molecule has 1 spiro atoms. The van der Waals surface area contributed by atoms with Crippen LogP contribution in [0.1, 0.15) is 88.3 Å². The normalized spacial score (nSPS) is 22.4. The lowest BCUT2D eigenvalue weighted by Crippen LogP contribution is -2.76. The van der Waals surface area contributed by atoms with E-state index in [1.807, 2.05) is 82.6 Å². The number of carbonyl (C=O) groups excluding carboxylic acids is 3. The second-order valence-corrected chi connectivity index (χ2v) is 21.0. The summed E-state index contributed by atoms with van der Waals surface area (Å²) in [5.74, 6) is 2.72. The summed E-state index contributed by atoms with van der Waals surface area (Å²) < 4.78 is 0. The van der Waals surface area contributed by atoms with Gasteiger partial charge in [-0.15, -0.1) is 16.6 Å². The molecule has 8 heterocycles. The molecular weight excluding hydrogens is 873 g/mol. The third-order valence-corrected chi connectivity index (χ3v) is 15.2. The molecule has 5 aliphatic heterocycles. The lowest BCUT2D eigenvalue weighted by molar-refractivity contribution is -0.142. The number of piperidine rings is 1. The van der Waals surface area contributed by atoms with E-state index >= 15 is 0 Å². The van der Waals surface area contributed by atoms with Crippen molar-refractivity contribution >= 4 is 40.5 Å². The Morgan fingerprint density at radius 3 is 2.35 bits per heavy atom. The molecule has 0 radical (unpaired) electrons. The van der Waals surface area contributed by atoms with Crippen LogP contribution in [0.5, 0.6) is 5.75 Å². The lowest BCUT2D eigenvalue weighted by atomic mass is 9.71. The highest BCUT2D eigenvalue weighted by Gasteiger charge is 2.55. The molecule has 0 bridgehead atoms. The number of urea groups is 1. The molecule has 0 saturated carbocycles. The average Bonchev–Trinajstić information content (AvgIpc) is 3.90. The first-order valence-corrected chi connectivity index (χ1v) is 24.2. The van der Waals surface area contributed by atoms with Crippen molar-refractivity contribution in [2.24, 2.45) is 10.8 Å². The number of aromatic amines is 1. The molecule has 69 heavy (non-hydrogen) atoms. The summed E-state index contributed by atoms with van der Waals surface area (Å²) in [4.78, 5) is 65.2. The third-order valence-electron chi connectivity index (χ3n) is 15.2. The number of likely N-dealkylation sites (tertiary alicyclic amines) is 3. The SMILES string of the molecule is C#Cc1ccc([C@H](C)NC(=O)[C@@H]2C[C@@H](O)CN2C(=O)[C@@H](NC(=O)N2CC3(C2)CN(C2CCN(c4cnc(N5CCc6[nH]c7nnc(-c8ccccc8O)cc7c6[C@H]5C)nc4)CC2)C3)C(C)(C)C)cc1. The molecule has 3 aromatic heterocycles. The predicted octanol–water partition coefficient (Wildman–Crippen LogP) is 4.78. The van der Waals surface area contributed by atoms with Crippen LogP contribution in [0.3, 0.4) is 0 Å². The Morgan fingerprint density at radius 2 is 1.67 bits per heavy atom. The van der Waals surface area contributed by atoms with Gasteiger partial charge in [0.1, 0.15) is 17.8 Å². The zero-order chi connectivity index (χ0) is 48.4. The molecule has 2 aromatic carbocycles. The number of terminal acetylenes is 1. The van der Waals surface area contributed by atoms with Crippen LogP contribution in [0.25, 0.3) is 22.3 Å². The van der Waals surface area contributed by atoms with Gasteiger partial charge in [0.2, 0.25) is 17.8 Å². The van der Waals surface area contributed by atoms with Gasteiger partial charge in [-0.1, -0.05) is 51.0 Å². The van der Waals surface area contributed by atoms with E-state index in [0.29, 0.717) is 36.3 Å². The van der Waals surface area contributed by atoms with Gasteiger partial charge in [-0.2, -0.15) is 0 Å². The van der Waals surface area contributed by atoms with Gasteiger partial charge in [-0.3, -0.25) is 14.5 Å². The summed E-state index contributed by atoms with van der Waals surface area (Å²) in [6.07, 6.45) is 11.5. The number of hydrogen-bond acceptors (Lipinski definition) is 12. The Balaban J connectivity index is 0.696. The highest BCUT2D eigenvalue weighted by Crippen LogP contribution is 2.43. The Bertz CT molecular complexity index is 2780. The molecule has 5 atom stereocenters. The highest BCUT2D eigenvalue weighted by molar-refractivity contribution is 5.93. The van der Waals surface area contributed by atoms with Crippen LogP contribution >= 0.6 is 0 Å². The number of aromatic hydroxyl groups is 1. The maximum Gasteiger partial charge on any atom is 0.318 e. The average molecular weight is 935 g/mol. The number of aliphatic hydroxyl groups is 1. The highest BCUT2D eigenvalue weighted by atomic mass is 16.3. The molecular formula is C52H62N12O5. The van der Waals surface area contributed by atoms with E-state index in [1.165, 1.54) is 4.90 Å². The maximum atomic E-state index is 14.2. The first-order valence-electron chi connectivity index (χ1n) is 24.2. The number of nitrogens with one attached hydrogen (secondary N) is 3. The Kier molecular flexibility index (Phi) is 12.0. The van der Waals surface area contributed by atoms with Gasteiger partial charge in [-0.05, 0) is 68.0 Å². The standard InChI is InChI=1S/C52H62N12O5/c1-7-33-12-14-34(15-13-33)31(2)55-47(67)42-22-37(65)26-64(42)48(68)45(51(4,5)6)57-50(69)62-29-52(30-62)27-61(28-52)35-16-19-60(20-17-35)36-24-53-49(54-25-36)63-21-18-40-44(32(63)3)39-23-41(58-59-46(39)56-40)38-10-8-9-11-43(38)66/h1,8-15,23-25,31-32,35,37,42,45,65-66H,16-22,26-30H2,2-6H3,(H,55,67)(H,56,59)(H,57,69)/t31-,32+,37+,42-,45+/m0/s1. The zero-order valence-corrected chi connectivity index (χ0v) is 40.0. The minimum absolute atomic E-state index is 0.00239. The van der Waals surface area contributed by atoms with Gasteiger partial charge in [0.15, 0.2) is 5.65 Å². The largest absolute Gasteiger partial charge is 0.507 e. The number of phenolic OH excluding ortho intramolecular Hbond substituents is 1. The van der Waals surface area contributed by atoms with Crippen LogP contribution in [-0.4, -0.2) is 144 Å². The number of benzene rings is 2. The fourth-order valence-corrected chi connectivity index (χ4v) is 11.3.